The zero-order valence-corrected chi connectivity index (χ0v) is 35.1. The standard InChI is InChI=1S/2C21H23.C2H6Si.2ClH.Zr/c2*1-4-17-10-11-19-13-16(12-15(2)3)14-20(19)21(17)18-8-6-5-7-9-18;1-3-2;;;/h2*5-11,13-15H,4,12H2,1-3H3;1-2H3;2*1H;/q2*-1;;;;+4/p-2. The van der Waals surface area contributed by atoms with E-state index in [1.165, 1.54) is 66.1 Å². The summed E-state index contributed by atoms with van der Waals surface area (Å²) in [5.41, 5.74) is 11.3. The number of fused-ring (bicyclic) bond motifs is 2. The molecular formula is C44H52Cl2SiZr. The summed E-state index contributed by atoms with van der Waals surface area (Å²) in [5.74, 6) is 1.40. The predicted molar refractivity (Wildman–Crippen MR) is 215 cm³/mol. The summed E-state index contributed by atoms with van der Waals surface area (Å²) in [6.07, 6.45) is 4.46. The van der Waals surface area contributed by atoms with E-state index in [0.29, 0.717) is 11.8 Å². The van der Waals surface area contributed by atoms with Gasteiger partial charge >= 0.3 is 37.9 Å². The van der Waals surface area contributed by atoms with Crippen LogP contribution in [0.5, 0.6) is 0 Å². The fourth-order valence-corrected chi connectivity index (χ4v) is 6.44. The summed E-state index contributed by atoms with van der Waals surface area (Å²) in [4.78, 5) is 0. The van der Waals surface area contributed by atoms with Gasteiger partial charge in [0.25, 0.3) is 0 Å². The topological polar surface area (TPSA) is 0 Å². The van der Waals surface area contributed by atoms with Gasteiger partial charge in [0, 0.05) is 9.52 Å². The Bertz CT molecular complexity index is 1650. The quantitative estimate of drug-likeness (QED) is 0.107. The molecule has 0 amide bonds. The molecule has 0 aromatic heterocycles. The van der Waals surface area contributed by atoms with Gasteiger partial charge in [0.05, 0.1) is 0 Å². The monoisotopic (exact) mass is 768 g/mol. The Labute approximate surface area is 312 Å². The molecule has 6 rings (SSSR count). The van der Waals surface area contributed by atoms with E-state index in [2.05, 4.69) is 164 Å². The fourth-order valence-electron chi connectivity index (χ4n) is 6.44. The Morgan fingerprint density at radius 2 is 0.917 bits per heavy atom. The molecule has 0 spiro atoms. The number of hydrogen-bond donors (Lipinski definition) is 0. The second-order valence-electron chi connectivity index (χ2n) is 13.1. The summed E-state index contributed by atoms with van der Waals surface area (Å²) < 4.78 is 0. The third-order valence-electron chi connectivity index (χ3n) is 8.25. The van der Waals surface area contributed by atoms with E-state index in [1.807, 2.05) is 0 Å². The Hall–Kier alpha value is -2.22. The van der Waals surface area contributed by atoms with E-state index in [0.717, 1.165) is 35.2 Å². The van der Waals surface area contributed by atoms with Gasteiger partial charge in [0.1, 0.15) is 0 Å². The van der Waals surface area contributed by atoms with Crippen LogP contribution in [-0.4, -0.2) is 9.52 Å². The Kier molecular flexibility index (Phi) is 17.7. The van der Waals surface area contributed by atoms with Crippen molar-refractivity contribution < 1.29 is 20.8 Å². The van der Waals surface area contributed by atoms with E-state index in [-0.39, 0.29) is 0 Å². The van der Waals surface area contributed by atoms with Gasteiger partial charge in [0.15, 0.2) is 0 Å². The minimum atomic E-state index is -0.826. The van der Waals surface area contributed by atoms with Gasteiger partial charge in [-0.2, -0.15) is 12.1 Å². The fraction of sp³-hybridized carbons (Fsp3) is 0.318. The second kappa shape index (κ2) is 21.1. The number of rotatable bonds is 8. The van der Waals surface area contributed by atoms with Gasteiger partial charge in [-0.05, 0) is 48.6 Å². The molecule has 6 aromatic rings. The summed E-state index contributed by atoms with van der Waals surface area (Å²) >= 11 is -0.826. The first-order chi connectivity index (χ1) is 23.2. The molecule has 0 aliphatic carbocycles. The first kappa shape index (κ1) is 40.2. The SMILES string of the molecule is CCc1ccc2[cH-]c(CC(C)C)cc2c1-c1ccccc1.CCc1ccc2[cH-]c(CC(C)C)cc2c1-c1ccccc1.C[Si]C.[Cl][Zr+2][Cl]. The van der Waals surface area contributed by atoms with Crippen molar-refractivity contribution in [2.75, 3.05) is 0 Å². The molecule has 0 aliphatic heterocycles. The maximum absolute atomic E-state index is 4.93. The normalized spacial score (nSPS) is 10.6. The third kappa shape index (κ3) is 11.4. The average molecular weight is 771 g/mol. The number of hydrogen-bond acceptors (Lipinski definition) is 0. The van der Waals surface area contributed by atoms with E-state index < -0.39 is 20.8 Å². The second-order valence-corrected chi connectivity index (χ2v) is 17.9. The van der Waals surface area contributed by atoms with Crippen molar-refractivity contribution >= 4 is 48.1 Å². The van der Waals surface area contributed by atoms with Gasteiger partial charge in [-0.25, -0.2) is 0 Å². The van der Waals surface area contributed by atoms with Crippen molar-refractivity contribution in [3.8, 4) is 22.3 Å². The van der Waals surface area contributed by atoms with Crippen LogP contribution in [0.2, 0.25) is 13.1 Å². The van der Waals surface area contributed by atoms with E-state index in [1.54, 1.807) is 0 Å². The van der Waals surface area contributed by atoms with Crippen LogP contribution in [0.4, 0.5) is 0 Å². The van der Waals surface area contributed by atoms with Crippen molar-refractivity contribution in [3.05, 3.63) is 131 Å². The molecular weight excluding hydrogens is 719 g/mol. The number of benzene rings is 4. The molecule has 0 heterocycles. The summed E-state index contributed by atoms with van der Waals surface area (Å²) in [6, 6.07) is 40.3. The van der Waals surface area contributed by atoms with Crippen LogP contribution in [0.25, 0.3) is 43.8 Å². The van der Waals surface area contributed by atoms with Crippen LogP contribution in [0.3, 0.4) is 0 Å². The van der Waals surface area contributed by atoms with Crippen molar-refractivity contribution in [2.45, 2.75) is 80.3 Å². The Morgan fingerprint density at radius 1 is 0.583 bits per heavy atom. The molecule has 0 bridgehead atoms. The minimum absolute atomic E-state index is 0.702. The zero-order valence-electron chi connectivity index (χ0n) is 30.1. The molecule has 6 aromatic carbocycles. The van der Waals surface area contributed by atoms with Crippen LogP contribution in [0, 0.1) is 11.8 Å². The maximum atomic E-state index is 4.93. The van der Waals surface area contributed by atoms with Crippen LogP contribution in [0.15, 0.2) is 109 Å². The number of aryl methyl sites for hydroxylation is 2. The summed E-state index contributed by atoms with van der Waals surface area (Å²) in [5, 5.41) is 5.58. The Morgan fingerprint density at radius 3 is 1.21 bits per heavy atom. The van der Waals surface area contributed by atoms with E-state index in [4.69, 9.17) is 17.0 Å². The van der Waals surface area contributed by atoms with Crippen molar-refractivity contribution in [3.63, 3.8) is 0 Å². The summed E-state index contributed by atoms with van der Waals surface area (Å²) in [6.45, 7) is 17.9. The molecule has 0 saturated carbocycles. The molecule has 0 saturated heterocycles. The average Bonchev–Trinajstić information content (AvgIpc) is 3.67. The third-order valence-corrected chi connectivity index (χ3v) is 8.25. The van der Waals surface area contributed by atoms with E-state index >= 15 is 0 Å². The molecule has 0 atom stereocenters. The molecule has 2 radical (unpaired) electrons. The summed E-state index contributed by atoms with van der Waals surface area (Å²) in [7, 11) is 11.0. The van der Waals surface area contributed by atoms with Gasteiger partial charge in [-0.15, -0.1) is 69.1 Å². The van der Waals surface area contributed by atoms with Crippen LogP contribution in [-0.2, 0) is 46.5 Å². The number of halogens is 2. The molecule has 0 N–H and O–H groups in total. The Balaban J connectivity index is 0.000000224. The van der Waals surface area contributed by atoms with Crippen LogP contribution < -0.4 is 0 Å². The van der Waals surface area contributed by atoms with Gasteiger partial charge < -0.3 is 0 Å². The van der Waals surface area contributed by atoms with Gasteiger partial charge in [-0.3, -0.25) is 0 Å². The molecule has 250 valence electrons. The van der Waals surface area contributed by atoms with E-state index in [9.17, 15) is 0 Å². The van der Waals surface area contributed by atoms with Gasteiger partial charge in [0.2, 0.25) is 0 Å². The first-order valence-corrected chi connectivity index (χ1v) is 25.6. The first-order valence-electron chi connectivity index (χ1n) is 17.3. The molecule has 48 heavy (non-hydrogen) atoms. The van der Waals surface area contributed by atoms with Crippen molar-refractivity contribution in [1.82, 2.24) is 0 Å². The molecule has 0 aliphatic rings. The molecule has 0 fully saturated rings. The molecule has 0 nitrogen and oxygen atoms in total. The van der Waals surface area contributed by atoms with Crippen LogP contribution in [0.1, 0.15) is 63.8 Å². The van der Waals surface area contributed by atoms with Crippen molar-refractivity contribution in [1.29, 1.82) is 0 Å². The van der Waals surface area contributed by atoms with Crippen molar-refractivity contribution in [2.24, 2.45) is 11.8 Å². The predicted octanol–water partition coefficient (Wildman–Crippen LogP) is 14.1. The van der Waals surface area contributed by atoms with Gasteiger partial charge in [-0.1, -0.05) is 138 Å². The molecule has 4 heteroatoms. The van der Waals surface area contributed by atoms with Crippen LogP contribution >= 0.6 is 17.0 Å². The zero-order chi connectivity index (χ0) is 35.1. The molecule has 0 unspecified atom stereocenters.